The molecule has 3 rings (SSSR count). The minimum Gasteiger partial charge on any atom is -0.461 e. The van der Waals surface area contributed by atoms with Gasteiger partial charge in [-0.25, -0.2) is 9.78 Å². The molecule has 174 valence electrons. The van der Waals surface area contributed by atoms with Gasteiger partial charge in [0.1, 0.15) is 0 Å². The van der Waals surface area contributed by atoms with Gasteiger partial charge in [-0.1, -0.05) is 11.6 Å². The normalized spacial score (nSPS) is 13.7. The van der Waals surface area contributed by atoms with E-state index in [1.54, 1.807) is 14.0 Å². The molecule has 32 heavy (non-hydrogen) atoms. The molecule has 2 aromatic rings. The van der Waals surface area contributed by atoms with Crippen LogP contribution in [0.4, 0.5) is 0 Å². The average molecular weight is 460 g/mol. The molecule has 0 atom stereocenters. The number of hydrogen-bond acceptors (Lipinski definition) is 6. The largest absolute Gasteiger partial charge is 0.461 e. The number of carbonyl (C=O) groups excluding carboxylic acids is 2. The molecule has 7 nitrogen and oxygen atoms in total. The second-order valence-electron chi connectivity index (χ2n) is 7.90. The van der Waals surface area contributed by atoms with E-state index in [1.165, 1.54) is 29.8 Å². The number of nitrogens with zero attached hydrogens (tertiary/aromatic N) is 2. The molecule has 1 amide bonds. The molecule has 1 aliphatic rings. The zero-order valence-corrected chi connectivity index (χ0v) is 20.1. The maximum Gasteiger partial charge on any atom is 0.367 e. The van der Waals surface area contributed by atoms with Crippen LogP contribution in [0.2, 0.25) is 0 Å². The summed E-state index contributed by atoms with van der Waals surface area (Å²) in [6.45, 7) is 6.00. The summed E-state index contributed by atoms with van der Waals surface area (Å²) in [7, 11) is 1.65. The quantitative estimate of drug-likeness (QED) is 0.298. The topological polar surface area (TPSA) is 82.4 Å². The van der Waals surface area contributed by atoms with Crippen molar-refractivity contribution in [2.75, 3.05) is 26.9 Å². The average Bonchev–Trinajstić information content (AvgIpc) is 3.41. The van der Waals surface area contributed by atoms with Crippen molar-refractivity contribution in [1.82, 2.24) is 14.9 Å². The fourth-order valence-electron chi connectivity index (χ4n) is 3.95. The molecule has 1 N–H and O–H groups in total. The number of aromatic nitrogens is 2. The summed E-state index contributed by atoms with van der Waals surface area (Å²) >= 11 is 1.27. The molecule has 0 aliphatic heterocycles. The van der Waals surface area contributed by atoms with Crippen LogP contribution in [0.1, 0.15) is 71.3 Å². The lowest BCUT2D eigenvalue weighted by Gasteiger charge is -2.15. The van der Waals surface area contributed by atoms with Crippen molar-refractivity contribution < 1.29 is 19.1 Å². The number of hydrogen-bond donors (Lipinski definition) is 1. The zero-order valence-electron chi connectivity index (χ0n) is 19.2. The smallest absolute Gasteiger partial charge is 0.367 e. The zero-order chi connectivity index (χ0) is 22.9. The van der Waals surface area contributed by atoms with Crippen LogP contribution in [0.15, 0.2) is 23.1 Å². The van der Waals surface area contributed by atoms with Gasteiger partial charge >= 0.3 is 5.97 Å². The molecular weight excluding hydrogens is 426 g/mol. The maximum atomic E-state index is 12.9. The van der Waals surface area contributed by atoms with Crippen molar-refractivity contribution in [3.05, 3.63) is 39.4 Å². The van der Waals surface area contributed by atoms with Gasteiger partial charge in [-0.15, -0.1) is 11.3 Å². The van der Waals surface area contributed by atoms with Gasteiger partial charge in [0, 0.05) is 37.9 Å². The molecule has 0 unspecified atom stereocenters. The Morgan fingerprint density at radius 2 is 2.16 bits per heavy atom. The second-order valence-corrected chi connectivity index (χ2v) is 8.76. The Kier molecular flexibility index (Phi) is 9.05. The maximum absolute atomic E-state index is 12.9. The Labute approximate surface area is 193 Å². The Hall–Kier alpha value is -2.45. The lowest BCUT2D eigenvalue weighted by molar-refractivity contribution is 0.0526. The highest BCUT2D eigenvalue weighted by Gasteiger charge is 2.21. The van der Waals surface area contributed by atoms with Gasteiger partial charge in [0.15, 0.2) is 0 Å². The van der Waals surface area contributed by atoms with Gasteiger partial charge in [-0.05, 0) is 58.4 Å². The van der Waals surface area contributed by atoms with Crippen LogP contribution < -0.4 is 5.32 Å². The number of esters is 1. The van der Waals surface area contributed by atoms with Crippen molar-refractivity contribution in [1.29, 1.82) is 0 Å². The van der Waals surface area contributed by atoms with Gasteiger partial charge in [-0.2, -0.15) is 0 Å². The van der Waals surface area contributed by atoms with Gasteiger partial charge in [0.05, 0.1) is 23.6 Å². The summed E-state index contributed by atoms with van der Waals surface area (Å²) in [6.07, 6.45) is 8.87. The minimum absolute atomic E-state index is 0.101. The predicted octanol–water partition coefficient (Wildman–Crippen LogP) is 4.75. The first-order valence-corrected chi connectivity index (χ1v) is 12.2. The fraction of sp³-hybridized carbons (Fsp3) is 0.542. The minimum atomic E-state index is -0.415. The van der Waals surface area contributed by atoms with Crippen LogP contribution in [0, 0.1) is 6.92 Å². The summed E-state index contributed by atoms with van der Waals surface area (Å²) in [5.41, 5.74) is 4.57. The third-order valence-corrected chi connectivity index (χ3v) is 6.50. The molecule has 2 heterocycles. The molecule has 8 heteroatoms. The monoisotopic (exact) mass is 459 g/mol. The summed E-state index contributed by atoms with van der Waals surface area (Å²) in [4.78, 5) is 29.5. The van der Waals surface area contributed by atoms with Gasteiger partial charge in [0.2, 0.25) is 5.01 Å². The Balaban J connectivity index is 1.86. The van der Waals surface area contributed by atoms with Crippen LogP contribution in [0.5, 0.6) is 0 Å². The van der Waals surface area contributed by atoms with E-state index in [4.69, 9.17) is 9.47 Å². The standard InChI is InChI=1S/C24H33N3O4S/c1-4-31-24(29)23-26-20(16-32-23)21-15-19(22(28)25-12-8-14-30-3)17(2)27(21)13-11-18-9-6-5-7-10-18/h9,15-16H,4-8,10-14H2,1-3H3,(H,25,28). The first-order valence-electron chi connectivity index (χ1n) is 11.3. The highest BCUT2D eigenvalue weighted by Crippen LogP contribution is 2.29. The Bertz CT molecular complexity index is 961. The van der Waals surface area contributed by atoms with E-state index in [2.05, 4.69) is 20.9 Å². The summed E-state index contributed by atoms with van der Waals surface area (Å²) < 4.78 is 12.3. The number of nitrogens with one attached hydrogen (secondary N) is 1. The highest BCUT2D eigenvalue weighted by molar-refractivity contribution is 7.11. The van der Waals surface area contributed by atoms with Crippen molar-refractivity contribution in [3.63, 3.8) is 0 Å². The third-order valence-electron chi connectivity index (χ3n) is 5.68. The molecule has 0 aromatic carbocycles. The third kappa shape index (κ3) is 6.07. The predicted molar refractivity (Wildman–Crippen MR) is 126 cm³/mol. The summed E-state index contributed by atoms with van der Waals surface area (Å²) in [5, 5.41) is 5.16. The number of carbonyl (C=O) groups is 2. The lowest BCUT2D eigenvalue weighted by Crippen LogP contribution is -2.25. The van der Waals surface area contributed by atoms with Crippen LogP contribution in [-0.2, 0) is 16.0 Å². The molecule has 2 aromatic heterocycles. The number of methoxy groups -OCH3 is 1. The molecule has 0 spiro atoms. The van der Waals surface area contributed by atoms with Crippen molar-refractivity contribution in [3.8, 4) is 11.4 Å². The summed E-state index contributed by atoms with van der Waals surface area (Å²) in [5.74, 6) is -0.515. The van der Waals surface area contributed by atoms with E-state index in [0.29, 0.717) is 36.0 Å². The number of rotatable bonds is 11. The van der Waals surface area contributed by atoms with E-state index in [0.717, 1.165) is 43.6 Å². The summed E-state index contributed by atoms with van der Waals surface area (Å²) in [6, 6.07) is 1.89. The van der Waals surface area contributed by atoms with Crippen LogP contribution in [0.25, 0.3) is 11.4 Å². The van der Waals surface area contributed by atoms with E-state index < -0.39 is 5.97 Å². The van der Waals surface area contributed by atoms with Crippen LogP contribution >= 0.6 is 11.3 Å². The number of allylic oxidation sites excluding steroid dienone is 2. The fourth-order valence-corrected chi connectivity index (χ4v) is 4.66. The van der Waals surface area contributed by atoms with Gasteiger partial charge < -0.3 is 19.4 Å². The van der Waals surface area contributed by atoms with Gasteiger partial charge in [0.25, 0.3) is 5.91 Å². The van der Waals surface area contributed by atoms with E-state index in [1.807, 2.05) is 18.4 Å². The Morgan fingerprint density at radius 1 is 1.31 bits per heavy atom. The van der Waals surface area contributed by atoms with E-state index in [9.17, 15) is 9.59 Å². The van der Waals surface area contributed by atoms with E-state index in [-0.39, 0.29) is 5.91 Å². The molecule has 0 bridgehead atoms. The molecule has 0 fully saturated rings. The Morgan fingerprint density at radius 3 is 2.88 bits per heavy atom. The van der Waals surface area contributed by atoms with Crippen molar-refractivity contribution >= 4 is 23.2 Å². The number of ether oxygens (including phenoxy) is 2. The molecule has 1 aliphatic carbocycles. The molecular formula is C24H33N3O4S. The molecule has 0 saturated heterocycles. The molecule has 0 radical (unpaired) electrons. The lowest BCUT2D eigenvalue weighted by atomic mass is 9.97. The number of amides is 1. The first-order chi connectivity index (χ1) is 15.5. The van der Waals surface area contributed by atoms with E-state index >= 15 is 0 Å². The SMILES string of the molecule is CCOC(=O)c1nc(-c2cc(C(=O)NCCCOC)c(C)n2CCC2=CCCCC2)cs1. The van der Waals surface area contributed by atoms with Crippen molar-refractivity contribution in [2.45, 2.75) is 58.9 Å². The highest BCUT2D eigenvalue weighted by atomic mass is 32.1. The van der Waals surface area contributed by atoms with Crippen LogP contribution in [-0.4, -0.2) is 48.3 Å². The second kappa shape index (κ2) is 12.0. The number of thiazole rings is 1. The molecule has 0 saturated carbocycles. The van der Waals surface area contributed by atoms with Crippen LogP contribution in [0.3, 0.4) is 0 Å². The van der Waals surface area contributed by atoms with Crippen molar-refractivity contribution in [2.24, 2.45) is 0 Å². The first kappa shape index (κ1) is 24.2. The van der Waals surface area contributed by atoms with Gasteiger partial charge in [-0.3, -0.25) is 4.79 Å².